The van der Waals surface area contributed by atoms with Gasteiger partial charge in [0.05, 0.1) is 0 Å². The first kappa shape index (κ1) is 12.4. The third-order valence-electron chi connectivity index (χ3n) is 3.54. The Labute approximate surface area is 118 Å². The Kier molecular flexibility index (Phi) is 3.16. The van der Waals surface area contributed by atoms with E-state index in [2.05, 4.69) is 69.3 Å². The highest BCUT2D eigenvalue weighted by atomic mass is 32.1. The predicted octanol–water partition coefficient (Wildman–Crippen LogP) is 6.00. The molecule has 96 valence electrons. The van der Waals surface area contributed by atoms with E-state index >= 15 is 0 Å². The number of benzene rings is 2. The van der Waals surface area contributed by atoms with Gasteiger partial charge in [0, 0.05) is 9.58 Å². The van der Waals surface area contributed by atoms with Gasteiger partial charge in [-0.2, -0.15) is 0 Å². The van der Waals surface area contributed by atoms with Crippen molar-refractivity contribution < 1.29 is 0 Å². The molecule has 0 saturated heterocycles. The summed E-state index contributed by atoms with van der Waals surface area (Å²) >= 11 is 1.88. The quantitative estimate of drug-likeness (QED) is 0.533. The van der Waals surface area contributed by atoms with Gasteiger partial charge in [-0.25, -0.2) is 0 Å². The molecule has 0 aliphatic heterocycles. The van der Waals surface area contributed by atoms with Gasteiger partial charge in [0.1, 0.15) is 0 Å². The standard InChI is InChI=1S/C18H18S/c1-12(2)14-6-8-15(9-7-14)18-11-16-5-4-13(3)10-17(16)19-18/h4-12H,1-3H3. The van der Waals surface area contributed by atoms with E-state index in [0.29, 0.717) is 5.92 Å². The molecule has 1 aromatic heterocycles. The molecule has 0 atom stereocenters. The van der Waals surface area contributed by atoms with Crippen LogP contribution in [0.5, 0.6) is 0 Å². The van der Waals surface area contributed by atoms with Crippen molar-refractivity contribution in [1.29, 1.82) is 0 Å². The second kappa shape index (κ2) is 4.82. The summed E-state index contributed by atoms with van der Waals surface area (Å²) in [6.07, 6.45) is 0. The van der Waals surface area contributed by atoms with Crippen LogP contribution in [0.4, 0.5) is 0 Å². The van der Waals surface area contributed by atoms with Crippen molar-refractivity contribution in [3.05, 3.63) is 59.7 Å². The molecule has 0 amide bonds. The number of aryl methyl sites for hydroxylation is 1. The molecule has 0 bridgehead atoms. The fraction of sp³-hybridized carbons (Fsp3) is 0.222. The van der Waals surface area contributed by atoms with E-state index in [9.17, 15) is 0 Å². The first-order valence-electron chi connectivity index (χ1n) is 6.74. The SMILES string of the molecule is Cc1ccc2cc(-c3ccc(C(C)C)cc3)sc2c1. The minimum atomic E-state index is 0.596. The highest BCUT2D eigenvalue weighted by molar-refractivity contribution is 7.22. The normalized spacial score (nSPS) is 11.4. The molecule has 0 unspecified atom stereocenters. The third-order valence-corrected chi connectivity index (χ3v) is 4.68. The van der Waals surface area contributed by atoms with E-state index in [1.807, 2.05) is 11.3 Å². The van der Waals surface area contributed by atoms with Crippen LogP contribution in [-0.4, -0.2) is 0 Å². The van der Waals surface area contributed by atoms with Gasteiger partial charge in [0.15, 0.2) is 0 Å². The van der Waals surface area contributed by atoms with Gasteiger partial charge >= 0.3 is 0 Å². The van der Waals surface area contributed by atoms with Crippen molar-refractivity contribution in [1.82, 2.24) is 0 Å². The van der Waals surface area contributed by atoms with E-state index < -0.39 is 0 Å². The van der Waals surface area contributed by atoms with Crippen LogP contribution in [0.3, 0.4) is 0 Å². The summed E-state index contributed by atoms with van der Waals surface area (Å²) < 4.78 is 1.38. The van der Waals surface area contributed by atoms with Gasteiger partial charge in [-0.15, -0.1) is 11.3 Å². The summed E-state index contributed by atoms with van der Waals surface area (Å²) in [5.74, 6) is 0.596. The molecule has 0 radical (unpaired) electrons. The van der Waals surface area contributed by atoms with Crippen LogP contribution >= 0.6 is 11.3 Å². The second-order valence-corrected chi connectivity index (χ2v) is 6.51. The van der Waals surface area contributed by atoms with Crippen LogP contribution in [0.25, 0.3) is 20.5 Å². The highest BCUT2D eigenvalue weighted by Crippen LogP contribution is 2.34. The maximum atomic E-state index is 2.30. The third kappa shape index (κ3) is 2.43. The largest absolute Gasteiger partial charge is 0.135 e. The smallest absolute Gasteiger partial charge is 0.0355 e. The van der Waals surface area contributed by atoms with Gasteiger partial charge in [0.2, 0.25) is 0 Å². The van der Waals surface area contributed by atoms with Crippen molar-refractivity contribution in [2.24, 2.45) is 0 Å². The van der Waals surface area contributed by atoms with Crippen molar-refractivity contribution in [2.45, 2.75) is 26.7 Å². The molecule has 3 rings (SSSR count). The molecule has 0 spiro atoms. The lowest BCUT2D eigenvalue weighted by Gasteiger charge is -2.05. The average Bonchev–Trinajstić information content (AvgIpc) is 2.81. The van der Waals surface area contributed by atoms with Crippen LogP contribution in [0.15, 0.2) is 48.5 Å². The molecule has 0 N–H and O–H groups in total. The monoisotopic (exact) mass is 266 g/mol. The number of thiophene rings is 1. The highest BCUT2D eigenvalue weighted by Gasteiger charge is 2.05. The number of hydrogen-bond acceptors (Lipinski definition) is 1. The molecule has 1 heterocycles. The lowest BCUT2D eigenvalue weighted by molar-refractivity contribution is 0.867. The Balaban J connectivity index is 2.03. The van der Waals surface area contributed by atoms with Crippen molar-refractivity contribution in [3.63, 3.8) is 0 Å². The Bertz CT molecular complexity index is 702. The van der Waals surface area contributed by atoms with Crippen LogP contribution in [-0.2, 0) is 0 Å². The molecule has 0 aliphatic rings. The van der Waals surface area contributed by atoms with Crippen molar-refractivity contribution in [2.75, 3.05) is 0 Å². The average molecular weight is 266 g/mol. The maximum Gasteiger partial charge on any atom is 0.0355 e. The van der Waals surface area contributed by atoms with Crippen LogP contribution < -0.4 is 0 Å². The zero-order valence-corrected chi connectivity index (χ0v) is 12.4. The Morgan fingerprint density at radius 1 is 0.895 bits per heavy atom. The van der Waals surface area contributed by atoms with E-state index in [1.54, 1.807) is 0 Å². The van der Waals surface area contributed by atoms with Gasteiger partial charge in [-0.05, 0) is 47.1 Å². The summed E-state index contributed by atoms with van der Waals surface area (Å²) in [5.41, 5.74) is 4.06. The molecule has 3 aromatic rings. The zero-order chi connectivity index (χ0) is 13.4. The Hall–Kier alpha value is -1.60. The van der Waals surface area contributed by atoms with Crippen LogP contribution in [0.1, 0.15) is 30.9 Å². The van der Waals surface area contributed by atoms with Crippen molar-refractivity contribution >= 4 is 21.4 Å². The van der Waals surface area contributed by atoms with Gasteiger partial charge in [-0.3, -0.25) is 0 Å². The molecule has 0 nitrogen and oxygen atoms in total. The molecular formula is C18H18S. The lowest BCUT2D eigenvalue weighted by Crippen LogP contribution is -1.85. The fourth-order valence-electron chi connectivity index (χ4n) is 2.31. The molecular weight excluding hydrogens is 248 g/mol. The molecule has 0 saturated carbocycles. The molecule has 1 heteroatoms. The minimum Gasteiger partial charge on any atom is -0.135 e. The summed E-state index contributed by atoms with van der Waals surface area (Å²) in [5, 5.41) is 1.35. The van der Waals surface area contributed by atoms with E-state index in [4.69, 9.17) is 0 Å². The predicted molar refractivity (Wildman–Crippen MR) is 86.1 cm³/mol. The van der Waals surface area contributed by atoms with E-state index in [-0.39, 0.29) is 0 Å². The van der Waals surface area contributed by atoms with Gasteiger partial charge in [0.25, 0.3) is 0 Å². The Morgan fingerprint density at radius 3 is 2.32 bits per heavy atom. The van der Waals surface area contributed by atoms with Crippen LogP contribution in [0, 0.1) is 6.92 Å². The molecule has 2 aromatic carbocycles. The summed E-state index contributed by atoms with van der Waals surface area (Å²) in [6.45, 7) is 6.62. The number of rotatable bonds is 2. The fourth-order valence-corrected chi connectivity index (χ4v) is 3.48. The first-order valence-corrected chi connectivity index (χ1v) is 7.55. The maximum absolute atomic E-state index is 2.30. The first-order chi connectivity index (χ1) is 9.13. The molecule has 19 heavy (non-hydrogen) atoms. The summed E-state index contributed by atoms with van der Waals surface area (Å²) in [4.78, 5) is 1.36. The number of hydrogen-bond donors (Lipinski definition) is 0. The Morgan fingerprint density at radius 2 is 1.63 bits per heavy atom. The number of fused-ring (bicyclic) bond motifs is 1. The summed E-state index contributed by atoms with van der Waals surface area (Å²) in [7, 11) is 0. The summed E-state index contributed by atoms with van der Waals surface area (Å²) in [6, 6.07) is 17.9. The minimum absolute atomic E-state index is 0.596. The topological polar surface area (TPSA) is 0 Å². The second-order valence-electron chi connectivity index (χ2n) is 5.43. The van der Waals surface area contributed by atoms with E-state index in [0.717, 1.165) is 0 Å². The van der Waals surface area contributed by atoms with Gasteiger partial charge < -0.3 is 0 Å². The molecule has 0 aliphatic carbocycles. The van der Waals surface area contributed by atoms with Crippen LogP contribution in [0.2, 0.25) is 0 Å². The lowest BCUT2D eigenvalue weighted by atomic mass is 10.0. The van der Waals surface area contributed by atoms with Gasteiger partial charge in [-0.1, -0.05) is 50.2 Å². The zero-order valence-electron chi connectivity index (χ0n) is 11.6. The van der Waals surface area contributed by atoms with E-state index in [1.165, 1.54) is 31.7 Å². The molecule has 0 fully saturated rings. The van der Waals surface area contributed by atoms with Crippen molar-refractivity contribution in [3.8, 4) is 10.4 Å².